The first kappa shape index (κ1) is 11.1. The van der Waals surface area contributed by atoms with Gasteiger partial charge < -0.3 is 15.4 Å². The average Bonchev–Trinajstić information content (AvgIpc) is 2.82. The molecule has 2 aliphatic rings. The summed E-state index contributed by atoms with van der Waals surface area (Å²) in [5, 5.41) is 0. The Balaban J connectivity index is 1.93. The standard InChI is InChI=1S/C14H20N2O/c15-10-11-4-5-13-12(11)2-1-3-14(13)16-6-8-17-9-7-16/h1-3,11H,4-10,15H2. The van der Waals surface area contributed by atoms with Crippen molar-refractivity contribution in [3.05, 3.63) is 29.3 Å². The molecule has 0 spiro atoms. The lowest BCUT2D eigenvalue weighted by atomic mass is 10.0. The molecule has 3 heteroatoms. The van der Waals surface area contributed by atoms with Gasteiger partial charge in [-0.3, -0.25) is 0 Å². The van der Waals surface area contributed by atoms with Gasteiger partial charge in [-0.05, 0) is 42.5 Å². The highest BCUT2D eigenvalue weighted by Gasteiger charge is 2.25. The zero-order chi connectivity index (χ0) is 11.7. The first-order chi connectivity index (χ1) is 8.40. The molecule has 2 N–H and O–H groups in total. The molecule has 0 aromatic heterocycles. The third kappa shape index (κ3) is 1.94. The van der Waals surface area contributed by atoms with E-state index in [0.717, 1.165) is 32.8 Å². The number of anilines is 1. The largest absolute Gasteiger partial charge is 0.378 e. The van der Waals surface area contributed by atoms with Gasteiger partial charge in [0.15, 0.2) is 0 Å². The molecule has 92 valence electrons. The minimum absolute atomic E-state index is 0.575. The molecule has 1 aliphatic heterocycles. The zero-order valence-corrected chi connectivity index (χ0v) is 10.2. The Morgan fingerprint density at radius 1 is 1.29 bits per heavy atom. The molecule has 1 aromatic rings. The van der Waals surface area contributed by atoms with Crippen LogP contribution in [0.15, 0.2) is 18.2 Å². The smallest absolute Gasteiger partial charge is 0.0642 e. The van der Waals surface area contributed by atoms with Crippen molar-refractivity contribution >= 4 is 5.69 Å². The van der Waals surface area contributed by atoms with Gasteiger partial charge in [0.1, 0.15) is 0 Å². The van der Waals surface area contributed by atoms with Crippen LogP contribution in [0.5, 0.6) is 0 Å². The Kier molecular flexibility index (Phi) is 3.04. The molecule has 0 amide bonds. The summed E-state index contributed by atoms with van der Waals surface area (Å²) < 4.78 is 5.42. The van der Waals surface area contributed by atoms with Crippen LogP contribution in [-0.4, -0.2) is 32.8 Å². The van der Waals surface area contributed by atoms with Crippen molar-refractivity contribution in [1.82, 2.24) is 0 Å². The third-order valence-electron chi connectivity index (χ3n) is 4.01. The lowest BCUT2D eigenvalue weighted by Crippen LogP contribution is -2.36. The molecule has 1 atom stereocenters. The van der Waals surface area contributed by atoms with Crippen molar-refractivity contribution in [1.29, 1.82) is 0 Å². The van der Waals surface area contributed by atoms with Crippen LogP contribution in [0.3, 0.4) is 0 Å². The highest BCUT2D eigenvalue weighted by molar-refractivity contribution is 5.59. The van der Waals surface area contributed by atoms with Crippen LogP contribution in [-0.2, 0) is 11.2 Å². The topological polar surface area (TPSA) is 38.5 Å². The summed E-state index contributed by atoms with van der Waals surface area (Å²) in [6, 6.07) is 6.68. The Morgan fingerprint density at radius 2 is 2.12 bits per heavy atom. The number of benzene rings is 1. The van der Waals surface area contributed by atoms with E-state index in [2.05, 4.69) is 23.1 Å². The fourth-order valence-corrected chi connectivity index (χ4v) is 3.07. The lowest BCUT2D eigenvalue weighted by Gasteiger charge is -2.30. The summed E-state index contributed by atoms with van der Waals surface area (Å²) in [4.78, 5) is 2.46. The van der Waals surface area contributed by atoms with Crippen molar-refractivity contribution < 1.29 is 4.74 Å². The Bertz CT molecular complexity index is 399. The van der Waals surface area contributed by atoms with E-state index in [-0.39, 0.29) is 0 Å². The normalized spacial score (nSPS) is 23.8. The molecule has 1 fully saturated rings. The van der Waals surface area contributed by atoms with Gasteiger partial charge in [0, 0.05) is 18.8 Å². The first-order valence-corrected chi connectivity index (χ1v) is 6.54. The molecular formula is C14H20N2O. The number of ether oxygens (including phenoxy) is 1. The quantitative estimate of drug-likeness (QED) is 0.840. The summed E-state index contributed by atoms with van der Waals surface area (Å²) in [5.74, 6) is 0.575. The number of nitrogens with two attached hydrogens (primary N) is 1. The second kappa shape index (κ2) is 4.67. The molecule has 17 heavy (non-hydrogen) atoms. The monoisotopic (exact) mass is 232 g/mol. The third-order valence-corrected chi connectivity index (χ3v) is 4.01. The van der Waals surface area contributed by atoms with E-state index in [4.69, 9.17) is 10.5 Å². The lowest BCUT2D eigenvalue weighted by molar-refractivity contribution is 0.122. The maximum absolute atomic E-state index is 5.84. The van der Waals surface area contributed by atoms with Gasteiger partial charge in [0.05, 0.1) is 13.2 Å². The predicted octanol–water partition coefficient (Wildman–Crippen LogP) is 1.51. The number of nitrogens with zero attached hydrogens (tertiary/aromatic N) is 1. The second-order valence-corrected chi connectivity index (χ2v) is 4.92. The van der Waals surface area contributed by atoms with Crippen LogP contribution >= 0.6 is 0 Å². The fourth-order valence-electron chi connectivity index (χ4n) is 3.07. The van der Waals surface area contributed by atoms with E-state index in [0.29, 0.717) is 5.92 Å². The van der Waals surface area contributed by atoms with E-state index in [1.165, 1.54) is 29.7 Å². The summed E-state index contributed by atoms with van der Waals surface area (Å²) in [5.41, 5.74) is 10.3. The summed E-state index contributed by atoms with van der Waals surface area (Å²) in [7, 11) is 0. The molecule has 1 saturated heterocycles. The van der Waals surface area contributed by atoms with Gasteiger partial charge in [-0.1, -0.05) is 12.1 Å². The average molecular weight is 232 g/mol. The predicted molar refractivity (Wildman–Crippen MR) is 69.6 cm³/mol. The van der Waals surface area contributed by atoms with Gasteiger partial charge in [-0.25, -0.2) is 0 Å². The van der Waals surface area contributed by atoms with Crippen LogP contribution in [0.25, 0.3) is 0 Å². The van der Waals surface area contributed by atoms with Crippen LogP contribution in [0, 0.1) is 0 Å². The number of fused-ring (bicyclic) bond motifs is 1. The molecular weight excluding hydrogens is 212 g/mol. The van der Waals surface area contributed by atoms with Crippen LogP contribution in [0.4, 0.5) is 5.69 Å². The van der Waals surface area contributed by atoms with Crippen molar-refractivity contribution in [2.24, 2.45) is 5.73 Å². The summed E-state index contributed by atoms with van der Waals surface area (Å²) in [6.07, 6.45) is 2.40. The second-order valence-electron chi connectivity index (χ2n) is 4.92. The van der Waals surface area contributed by atoms with E-state index in [9.17, 15) is 0 Å². The van der Waals surface area contributed by atoms with Crippen molar-refractivity contribution in [3.63, 3.8) is 0 Å². The van der Waals surface area contributed by atoms with Crippen LogP contribution in [0.1, 0.15) is 23.5 Å². The Morgan fingerprint density at radius 3 is 2.88 bits per heavy atom. The first-order valence-electron chi connectivity index (χ1n) is 6.54. The maximum atomic E-state index is 5.84. The molecule has 1 aliphatic carbocycles. The molecule has 1 aromatic carbocycles. The molecule has 3 rings (SSSR count). The molecule has 0 saturated carbocycles. The van der Waals surface area contributed by atoms with Gasteiger partial charge >= 0.3 is 0 Å². The molecule has 3 nitrogen and oxygen atoms in total. The molecule has 0 bridgehead atoms. The van der Waals surface area contributed by atoms with Crippen molar-refractivity contribution in [2.45, 2.75) is 18.8 Å². The minimum Gasteiger partial charge on any atom is -0.378 e. The summed E-state index contributed by atoms with van der Waals surface area (Å²) in [6.45, 7) is 4.51. The van der Waals surface area contributed by atoms with E-state index in [1.807, 2.05) is 0 Å². The maximum Gasteiger partial charge on any atom is 0.0642 e. The van der Waals surface area contributed by atoms with Crippen molar-refractivity contribution in [2.75, 3.05) is 37.7 Å². The van der Waals surface area contributed by atoms with Gasteiger partial charge in [-0.15, -0.1) is 0 Å². The number of morpholine rings is 1. The van der Waals surface area contributed by atoms with Gasteiger partial charge in [-0.2, -0.15) is 0 Å². The SMILES string of the molecule is NCC1CCc2c1cccc2N1CCOCC1. The zero-order valence-electron chi connectivity index (χ0n) is 10.2. The van der Waals surface area contributed by atoms with E-state index >= 15 is 0 Å². The summed E-state index contributed by atoms with van der Waals surface area (Å²) >= 11 is 0. The van der Waals surface area contributed by atoms with Crippen molar-refractivity contribution in [3.8, 4) is 0 Å². The fraction of sp³-hybridized carbons (Fsp3) is 0.571. The Labute approximate surface area is 103 Å². The number of rotatable bonds is 2. The molecule has 1 unspecified atom stereocenters. The van der Waals surface area contributed by atoms with Crippen LogP contribution in [0.2, 0.25) is 0 Å². The van der Waals surface area contributed by atoms with E-state index in [1.54, 1.807) is 0 Å². The molecule has 0 radical (unpaired) electrons. The Hall–Kier alpha value is -1.06. The van der Waals surface area contributed by atoms with Crippen LogP contribution < -0.4 is 10.6 Å². The minimum atomic E-state index is 0.575. The number of hydrogen-bond acceptors (Lipinski definition) is 3. The molecule has 1 heterocycles. The van der Waals surface area contributed by atoms with E-state index < -0.39 is 0 Å². The van der Waals surface area contributed by atoms with Gasteiger partial charge in [0.25, 0.3) is 0 Å². The number of hydrogen-bond donors (Lipinski definition) is 1. The van der Waals surface area contributed by atoms with Gasteiger partial charge in [0.2, 0.25) is 0 Å². The highest BCUT2D eigenvalue weighted by atomic mass is 16.5. The highest BCUT2D eigenvalue weighted by Crippen LogP contribution is 2.38.